The Hall–Kier alpha value is -2.31. The number of para-hydroxylation sites is 1. The van der Waals surface area contributed by atoms with Crippen LogP contribution in [0, 0.1) is 0 Å². The Labute approximate surface area is 179 Å². The number of rotatable bonds is 4. The molecule has 1 heterocycles. The number of hydrogen-bond acceptors (Lipinski definition) is 4. The van der Waals surface area contributed by atoms with Gasteiger partial charge in [-0.1, -0.05) is 76.5 Å². The number of ether oxygens (including phenoxy) is 1. The highest BCUT2D eigenvalue weighted by Crippen LogP contribution is 2.44. The fourth-order valence-electron chi connectivity index (χ4n) is 2.54. The first-order valence-corrected chi connectivity index (χ1v) is 10.1. The molecule has 1 N–H and O–H groups in total. The predicted molar refractivity (Wildman–Crippen MR) is 116 cm³/mol. The highest BCUT2D eigenvalue weighted by atomic mass is 35.5. The Morgan fingerprint density at radius 1 is 0.964 bits per heavy atom. The van der Waals surface area contributed by atoms with E-state index in [9.17, 15) is 4.79 Å². The number of fused-ring (bicyclic) bond motifs is 1. The summed E-state index contributed by atoms with van der Waals surface area (Å²) in [5.74, 6) is 0.602. The van der Waals surface area contributed by atoms with Crippen molar-refractivity contribution >= 4 is 67.4 Å². The van der Waals surface area contributed by atoms with Gasteiger partial charge in [0.1, 0.15) is 10.8 Å². The second kappa shape index (κ2) is 7.97. The third-order valence-electron chi connectivity index (χ3n) is 3.83. The summed E-state index contributed by atoms with van der Waals surface area (Å²) < 4.78 is 6.49. The van der Waals surface area contributed by atoms with Crippen LogP contribution in [0.1, 0.15) is 10.4 Å². The van der Waals surface area contributed by atoms with Crippen molar-refractivity contribution in [3.8, 4) is 11.5 Å². The highest BCUT2D eigenvalue weighted by Gasteiger charge is 2.19. The number of hydrogen-bond donors (Lipinski definition) is 1. The molecule has 0 atom stereocenters. The van der Waals surface area contributed by atoms with E-state index in [0.717, 1.165) is 0 Å². The molecule has 0 radical (unpaired) electrons. The lowest BCUT2D eigenvalue weighted by atomic mass is 10.2. The van der Waals surface area contributed by atoms with Crippen molar-refractivity contribution in [2.24, 2.45) is 0 Å². The Balaban J connectivity index is 1.67. The molecular weight excluding hydrogens is 439 g/mol. The van der Waals surface area contributed by atoms with E-state index >= 15 is 0 Å². The van der Waals surface area contributed by atoms with Gasteiger partial charge in [0.15, 0.2) is 10.9 Å². The van der Waals surface area contributed by atoms with E-state index in [1.165, 1.54) is 11.3 Å². The Kier molecular flexibility index (Phi) is 5.42. The molecule has 0 saturated heterocycles. The number of nitrogens with one attached hydrogen (secondary N) is 1. The van der Waals surface area contributed by atoms with E-state index in [1.54, 1.807) is 42.5 Å². The van der Waals surface area contributed by atoms with Crippen LogP contribution in [0.5, 0.6) is 11.5 Å². The van der Waals surface area contributed by atoms with Crippen LogP contribution in [-0.4, -0.2) is 10.9 Å². The van der Waals surface area contributed by atoms with Crippen LogP contribution < -0.4 is 10.1 Å². The second-order valence-electron chi connectivity index (χ2n) is 5.72. The molecule has 8 heteroatoms. The van der Waals surface area contributed by atoms with Crippen LogP contribution in [0.2, 0.25) is 15.1 Å². The zero-order valence-electron chi connectivity index (χ0n) is 14.1. The molecule has 1 aromatic heterocycles. The summed E-state index contributed by atoms with van der Waals surface area (Å²) in [6.45, 7) is 0. The van der Waals surface area contributed by atoms with E-state index in [1.807, 2.05) is 18.2 Å². The van der Waals surface area contributed by atoms with E-state index < -0.39 is 0 Å². The number of nitrogens with zero attached hydrogens (tertiary/aromatic N) is 1. The maximum atomic E-state index is 12.5. The molecule has 0 aliphatic rings. The monoisotopic (exact) mass is 448 g/mol. The molecular formula is C20H11Cl3N2O2S. The van der Waals surface area contributed by atoms with Gasteiger partial charge in [0, 0.05) is 0 Å². The maximum absolute atomic E-state index is 12.5. The summed E-state index contributed by atoms with van der Waals surface area (Å²) in [6.07, 6.45) is 0. The van der Waals surface area contributed by atoms with Gasteiger partial charge < -0.3 is 4.74 Å². The minimum atomic E-state index is -0.354. The van der Waals surface area contributed by atoms with Crippen LogP contribution in [-0.2, 0) is 0 Å². The van der Waals surface area contributed by atoms with E-state index in [-0.39, 0.29) is 5.91 Å². The summed E-state index contributed by atoms with van der Waals surface area (Å²) in [7, 11) is 0. The average molecular weight is 450 g/mol. The number of carbonyl (C=O) groups excluding carboxylic acids is 1. The highest BCUT2D eigenvalue weighted by molar-refractivity contribution is 7.23. The van der Waals surface area contributed by atoms with Gasteiger partial charge in [0.2, 0.25) is 0 Å². The minimum absolute atomic E-state index is 0.329. The predicted octanol–water partition coefficient (Wildman–Crippen LogP) is 7.30. The van der Waals surface area contributed by atoms with E-state index in [4.69, 9.17) is 39.5 Å². The first-order valence-electron chi connectivity index (χ1n) is 8.10. The minimum Gasteiger partial charge on any atom is -0.454 e. The molecule has 0 saturated carbocycles. The van der Waals surface area contributed by atoms with Crippen molar-refractivity contribution in [3.05, 3.63) is 81.3 Å². The van der Waals surface area contributed by atoms with Crippen LogP contribution in [0.3, 0.4) is 0 Å². The number of amides is 1. The summed E-state index contributed by atoms with van der Waals surface area (Å²) >= 11 is 20.2. The Morgan fingerprint density at radius 3 is 2.43 bits per heavy atom. The van der Waals surface area contributed by atoms with Crippen molar-refractivity contribution in [2.45, 2.75) is 0 Å². The van der Waals surface area contributed by atoms with E-state index in [0.29, 0.717) is 47.5 Å². The summed E-state index contributed by atoms with van der Waals surface area (Å²) in [5, 5.41) is 4.16. The molecule has 4 nitrogen and oxygen atoms in total. The molecule has 140 valence electrons. The molecule has 0 fully saturated rings. The fraction of sp³-hybridized carbons (Fsp3) is 0. The van der Waals surface area contributed by atoms with Gasteiger partial charge >= 0.3 is 0 Å². The molecule has 28 heavy (non-hydrogen) atoms. The number of aromatic nitrogens is 1. The Bertz CT molecular complexity index is 1180. The van der Waals surface area contributed by atoms with Gasteiger partial charge in [-0.2, -0.15) is 0 Å². The van der Waals surface area contributed by atoms with Gasteiger partial charge in [0.05, 0.1) is 25.8 Å². The zero-order chi connectivity index (χ0) is 19.7. The number of benzene rings is 3. The standard InChI is InChI=1S/C20H11Cl3N2O2S/c21-13-9-5-4-8-12(13)19(26)25-20-24-15-10-14(22)17(16(23)18(15)28-20)27-11-6-2-1-3-7-11/h1-10H,(H,24,25,26). The van der Waals surface area contributed by atoms with Gasteiger partial charge in [-0.3, -0.25) is 10.1 Å². The zero-order valence-corrected chi connectivity index (χ0v) is 17.2. The van der Waals surface area contributed by atoms with Crippen molar-refractivity contribution < 1.29 is 9.53 Å². The van der Waals surface area contributed by atoms with Crippen LogP contribution >= 0.6 is 46.1 Å². The first-order chi connectivity index (χ1) is 13.5. The van der Waals surface area contributed by atoms with Crippen molar-refractivity contribution in [3.63, 3.8) is 0 Å². The normalized spacial score (nSPS) is 10.8. The third kappa shape index (κ3) is 3.80. The lowest BCUT2D eigenvalue weighted by molar-refractivity contribution is 0.102. The molecule has 0 aliphatic carbocycles. The van der Waals surface area contributed by atoms with E-state index in [2.05, 4.69) is 10.3 Å². The fourth-order valence-corrected chi connectivity index (χ4v) is 4.28. The van der Waals surface area contributed by atoms with Gasteiger partial charge in [-0.25, -0.2) is 4.98 Å². The first kappa shape index (κ1) is 19.0. The summed E-state index contributed by atoms with van der Waals surface area (Å²) in [4.78, 5) is 16.9. The molecule has 0 spiro atoms. The number of anilines is 1. The smallest absolute Gasteiger partial charge is 0.258 e. The maximum Gasteiger partial charge on any atom is 0.258 e. The van der Waals surface area contributed by atoms with Crippen molar-refractivity contribution in [2.75, 3.05) is 5.32 Å². The van der Waals surface area contributed by atoms with Crippen molar-refractivity contribution in [1.82, 2.24) is 4.98 Å². The molecule has 0 unspecified atom stereocenters. The average Bonchev–Trinajstić information content (AvgIpc) is 3.08. The van der Waals surface area contributed by atoms with Gasteiger partial charge in [-0.05, 0) is 30.3 Å². The number of carbonyl (C=O) groups is 1. The third-order valence-corrected chi connectivity index (χ3v) is 5.92. The SMILES string of the molecule is O=C(Nc1nc2cc(Cl)c(Oc3ccccc3)c(Cl)c2s1)c1ccccc1Cl. The number of thiazole rings is 1. The molecule has 1 amide bonds. The molecule has 4 rings (SSSR count). The summed E-state index contributed by atoms with van der Waals surface area (Å²) in [6, 6.07) is 17.6. The topological polar surface area (TPSA) is 51.2 Å². The molecule has 3 aromatic carbocycles. The largest absolute Gasteiger partial charge is 0.454 e. The Morgan fingerprint density at radius 2 is 1.68 bits per heavy atom. The van der Waals surface area contributed by atoms with Crippen LogP contribution in [0.4, 0.5) is 5.13 Å². The lowest BCUT2D eigenvalue weighted by Crippen LogP contribution is -2.11. The van der Waals surface area contributed by atoms with Crippen LogP contribution in [0.15, 0.2) is 60.7 Å². The molecule has 0 bridgehead atoms. The van der Waals surface area contributed by atoms with Gasteiger partial charge in [0.25, 0.3) is 5.91 Å². The molecule has 0 aliphatic heterocycles. The summed E-state index contributed by atoms with van der Waals surface area (Å²) in [5.41, 5.74) is 0.926. The van der Waals surface area contributed by atoms with Crippen LogP contribution in [0.25, 0.3) is 10.2 Å². The lowest BCUT2D eigenvalue weighted by Gasteiger charge is -2.09. The number of halogens is 3. The van der Waals surface area contributed by atoms with Crippen molar-refractivity contribution in [1.29, 1.82) is 0 Å². The second-order valence-corrected chi connectivity index (χ2v) is 7.91. The quantitative estimate of drug-likeness (QED) is 0.355. The molecule has 4 aromatic rings. The van der Waals surface area contributed by atoms with Gasteiger partial charge in [-0.15, -0.1) is 0 Å².